The Morgan fingerprint density at radius 2 is 2.16 bits per heavy atom. The molecule has 1 aromatic carbocycles. The lowest BCUT2D eigenvalue weighted by molar-refractivity contribution is 0.100. The molecule has 0 fully saturated rings. The standard InChI is InChI=1S/C17H19N3O4S/c1-11(2)12-7-8-18-17(24-3)15(10-12)20-25(23)14-6-4-5-13(9-14)16(21)19-22/h4-7,9-11,20H,8H2,1-3H3. The fourth-order valence-electron chi connectivity index (χ4n) is 2.21. The Bertz CT molecular complexity index is 797. The molecule has 0 spiro atoms. The van der Waals surface area contributed by atoms with E-state index in [2.05, 4.69) is 28.7 Å². The lowest BCUT2D eigenvalue weighted by Gasteiger charge is -2.13. The molecule has 7 nitrogen and oxygen atoms in total. The van der Waals surface area contributed by atoms with E-state index >= 15 is 0 Å². The number of nitrogens with zero attached hydrogens (tertiary/aromatic N) is 2. The van der Waals surface area contributed by atoms with E-state index in [0.29, 0.717) is 23.0 Å². The molecule has 0 radical (unpaired) electrons. The van der Waals surface area contributed by atoms with Crippen LogP contribution in [-0.2, 0) is 15.7 Å². The maximum atomic E-state index is 12.6. The van der Waals surface area contributed by atoms with Gasteiger partial charge in [-0.2, -0.15) is 0 Å². The van der Waals surface area contributed by atoms with E-state index in [1.807, 2.05) is 12.2 Å². The van der Waals surface area contributed by atoms with Crippen molar-refractivity contribution in [3.05, 3.63) is 58.2 Å². The number of benzene rings is 1. The Kier molecular flexibility index (Phi) is 6.35. The fourth-order valence-corrected chi connectivity index (χ4v) is 3.11. The first kappa shape index (κ1) is 18.7. The number of hydrogen-bond donors (Lipinski definition) is 1. The summed E-state index contributed by atoms with van der Waals surface area (Å²) >= 11 is 0. The third kappa shape index (κ3) is 4.69. The maximum Gasteiger partial charge on any atom is 0.316 e. The lowest BCUT2D eigenvalue weighted by Crippen LogP contribution is -2.24. The van der Waals surface area contributed by atoms with Gasteiger partial charge in [-0.05, 0) is 35.8 Å². The molecule has 25 heavy (non-hydrogen) atoms. The molecule has 1 unspecified atom stereocenters. The molecule has 1 atom stereocenters. The highest BCUT2D eigenvalue weighted by molar-refractivity contribution is 7.83. The van der Waals surface area contributed by atoms with Crippen molar-refractivity contribution in [3.63, 3.8) is 0 Å². The number of hydrogen-bond acceptors (Lipinski definition) is 5. The van der Waals surface area contributed by atoms with E-state index in [-0.39, 0.29) is 11.5 Å². The van der Waals surface area contributed by atoms with Crippen LogP contribution in [-0.4, -0.2) is 29.7 Å². The van der Waals surface area contributed by atoms with Gasteiger partial charge in [-0.1, -0.05) is 26.0 Å². The number of nitrogens with one attached hydrogen (secondary N) is 1. The van der Waals surface area contributed by atoms with Crippen molar-refractivity contribution in [2.75, 3.05) is 13.7 Å². The molecule has 1 heterocycles. The van der Waals surface area contributed by atoms with Gasteiger partial charge >= 0.3 is 5.91 Å². The van der Waals surface area contributed by atoms with Crippen molar-refractivity contribution >= 4 is 22.8 Å². The minimum absolute atomic E-state index is 0.0842. The first-order chi connectivity index (χ1) is 12.0. The summed E-state index contributed by atoms with van der Waals surface area (Å²) in [5, 5.41) is 2.38. The molecule has 1 aromatic rings. The highest BCUT2D eigenvalue weighted by atomic mass is 32.2. The average molecular weight is 361 g/mol. The molecule has 0 aliphatic carbocycles. The zero-order chi connectivity index (χ0) is 18.4. The van der Waals surface area contributed by atoms with Crippen LogP contribution in [0.2, 0.25) is 0 Å². The van der Waals surface area contributed by atoms with Crippen molar-refractivity contribution in [3.8, 4) is 0 Å². The predicted octanol–water partition coefficient (Wildman–Crippen LogP) is 2.73. The molecular weight excluding hydrogens is 342 g/mol. The normalized spacial score (nSPS) is 15.4. The maximum absolute atomic E-state index is 12.6. The Labute approximate surface area is 148 Å². The molecule has 1 aliphatic rings. The molecule has 2 rings (SSSR count). The number of rotatable bonds is 5. The second-order valence-corrected chi connectivity index (χ2v) is 6.77. The van der Waals surface area contributed by atoms with Crippen LogP contribution in [0.15, 0.2) is 62.8 Å². The van der Waals surface area contributed by atoms with Gasteiger partial charge in [-0.3, -0.25) is 9.52 Å². The molecule has 0 saturated carbocycles. The number of methoxy groups -OCH3 is 1. The SMILES string of the molecule is COC1=NCC=C(C(C)C)C=C1NS(=O)c1cccc(C(=O)N=O)c1. The van der Waals surface area contributed by atoms with Crippen molar-refractivity contribution in [2.45, 2.75) is 18.7 Å². The number of ether oxygens (including phenoxy) is 1. The molecular formula is C17H19N3O4S. The minimum Gasteiger partial charge on any atom is -0.480 e. The van der Waals surface area contributed by atoms with Crippen LogP contribution >= 0.6 is 0 Å². The van der Waals surface area contributed by atoms with Gasteiger partial charge in [0.25, 0.3) is 0 Å². The monoisotopic (exact) mass is 361 g/mol. The number of carbonyl (C=O) groups excluding carboxylic acids is 1. The van der Waals surface area contributed by atoms with Gasteiger partial charge in [0.1, 0.15) is 16.7 Å². The van der Waals surface area contributed by atoms with Crippen LogP contribution in [0.4, 0.5) is 0 Å². The smallest absolute Gasteiger partial charge is 0.316 e. The summed E-state index contributed by atoms with van der Waals surface area (Å²) in [5.41, 5.74) is 1.62. The fraction of sp³-hybridized carbons (Fsp3) is 0.294. The summed E-state index contributed by atoms with van der Waals surface area (Å²) in [4.78, 5) is 26.4. The third-order valence-electron chi connectivity index (χ3n) is 3.54. The van der Waals surface area contributed by atoms with E-state index in [0.717, 1.165) is 5.57 Å². The largest absolute Gasteiger partial charge is 0.480 e. The summed E-state index contributed by atoms with van der Waals surface area (Å²) in [7, 11) is -0.177. The van der Waals surface area contributed by atoms with Crippen molar-refractivity contribution < 1.29 is 13.7 Å². The zero-order valence-corrected chi connectivity index (χ0v) is 15.0. The number of allylic oxidation sites excluding steroid dienone is 2. The molecule has 8 heteroatoms. The third-order valence-corrected chi connectivity index (χ3v) is 4.63. The molecule has 0 saturated heterocycles. The van der Waals surface area contributed by atoms with Crippen molar-refractivity contribution in [1.82, 2.24) is 4.72 Å². The van der Waals surface area contributed by atoms with Gasteiger partial charge in [-0.25, -0.2) is 9.20 Å². The average Bonchev–Trinajstić information content (AvgIpc) is 2.83. The first-order valence-electron chi connectivity index (χ1n) is 7.63. The second kappa shape index (κ2) is 8.48. The van der Waals surface area contributed by atoms with Crippen LogP contribution in [0.5, 0.6) is 0 Å². The first-order valence-corrected chi connectivity index (χ1v) is 8.78. The van der Waals surface area contributed by atoms with Crippen LogP contribution in [0.25, 0.3) is 0 Å². The Morgan fingerprint density at radius 1 is 1.40 bits per heavy atom. The topological polar surface area (TPSA) is 97.2 Å². The van der Waals surface area contributed by atoms with Crippen LogP contribution in [0, 0.1) is 10.8 Å². The molecule has 0 aromatic heterocycles. The number of carbonyl (C=O) groups is 1. The van der Waals surface area contributed by atoms with Crippen LogP contribution in [0.3, 0.4) is 0 Å². The van der Waals surface area contributed by atoms with Gasteiger partial charge < -0.3 is 4.74 Å². The second-order valence-electron chi connectivity index (χ2n) is 5.56. The predicted molar refractivity (Wildman–Crippen MR) is 96.4 cm³/mol. The minimum atomic E-state index is -1.67. The summed E-state index contributed by atoms with van der Waals surface area (Å²) < 4.78 is 20.8. The summed E-state index contributed by atoms with van der Waals surface area (Å²) in [6.45, 7) is 4.58. The Morgan fingerprint density at radius 3 is 2.80 bits per heavy atom. The molecule has 132 valence electrons. The van der Waals surface area contributed by atoms with E-state index < -0.39 is 16.9 Å². The number of aliphatic imine (C=N–C) groups is 1. The van der Waals surface area contributed by atoms with Crippen molar-refractivity contribution in [2.24, 2.45) is 16.1 Å². The van der Waals surface area contributed by atoms with E-state index in [1.165, 1.54) is 19.2 Å². The van der Waals surface area contributed by atoms with E-state index in [1.54, 1.807) is 12.1 Å². The van der Waals surface area contributed by atoms with Gasteiger partial charge in [0.2, 0.25) is 5.90 Å². The lowest BCUT2D eigenvalue weighted by atomic mass is 10.0. The number of amides is 1. The quantitative estimate of drug-likeness (QED) is 0.815. The highest BCUT2D eigenvalue weighted by Gasteiger charge is 2.17. The van der Waals surface area contributed by atoms with E-state index in [9.17, 15) is 13.9 Å². The van der Waals surface area contributed by atoms with E-state index in [4.69, 9.17) is 4.74 Å². The van der Waals surface area contributed by atoms with Gasteiger partial charge in [0, 0.05) is 10.7 Å². The summed E-state index contributed by atoms with van der Waals surface area (Å²) in [6, 6.07) is 5.94. The highest BCUT2D eigenvalue weighted by Crippen LogP contribution is 2.18. The van der Waals surface area contributed by atoms with Gasteiger partial charge in [0.05, 0.1) is 18.6 Å². The molecule has 1 N–H and O–H groups in total. The summed E-state index contributed by atoms with van der Waals surface area (Å²) in [6.07, 6.45) is 3.83. The molecule has 1 aliphatic heterocycles. The Balaban J connectivity index is 2.29. The zero-order valence-electron chi connectivity index (χ0n) is 14.2. The Hall–Kier alpha value is -2.61. The van der Waals surface area contributed by atoms with Crippen LogP contribution in [0.1, 0.15) is 24.2 Å². The summed E-state index contributed by atoms with van der Waals surface area (Å²) in [5.74, 6) is -0.282. The van der Waals surface area contributed by atoms with Crippen LogP contribution < -0.4 is 4.72 Å². The van der Waals surface area contributed by atoms with Gasteiger partial charge in [0.15, 0.2) is 0 Å². The molecule has 1 amide bonds. The van der Waals surface area contributed by atoms with Crippen molar-refractivity contribution in [1.29, 1.82) is 0 Å². The molecule has 0 bridgehead atoms. The number of nitroso groups, excluding NO2 is 1. The van der Waals surface area contributed by atoms with Gasteiger partial charge in [-0.15, -0.1) is 4.91 Å².